The number of benzene rings is 1. The molecule has 0 aliphatic heterocycles. The molecule has 0 amide bonds. The van der Waals surface area contributed by atoms with Gasteiger partial charge in [0.05, 0.1) is 18.1 Å². The van der Waals surface area contributed by atoms with Crippen LogP contribution in [0.1, 0.15) is 46.5 Å². The van der Waals surface area contributed by atoms with E-state index in [9.17, 15) is 0 Å². The van der Waals surface area contributed by atoms with Crippen LogP contribution in [0.5, 0.6) is 5.75 Å². The molecule has 0 spiro atoms. The van der Waals surface area contributed by atoms with Gasteiger partial charge in [-0.3, -0.25) is 0 Å². The molecule has 0 saturated carbocycles. The van der Waals surface area contributed by atoms with Crippen molar-refractivity contribution in [1.82, 2.24) is 14.9 Å². The maximum absolute atomic E-state index is 5.30. The molecule has 2 rings (SSSR count). The van der Waals surface area contributed by atoms with Crippen LogP contribution in [0.25, 0.3) is 11.0 Å². The van der Waals surface area contributed by atoms with Gasteiger partial charge in [-0.05, 0) is 46.8 Å². The van der Waals surface area contributed by atoms with Gasteiger partial charge in [-0.2, -0.15) is 0 Å². The molecule has 4 nitrogen and oxygen atoms in total. The van der Waals surface area contributed by atoms with Crippen molar-refractivity contribution in [2.24, 2.45) is 0 Å². The number of hydrogen-bond donors (Lipinski definition) is 1. The van der Waals surface area contributed by atoms with Crippen LogP contribution in [0.3, 0.4) is 0 Å². The molecule has 4 heteroatoms. The minimum atomic E-state index is 0.137. The Morgan fingerprint density at radius 2 is 2.00 bits per heavy atom. The number of methoxy groups -OCH3 is 1. The number of rotatable bonds is 5. The third kappa shape index (κ3) is 3.76. The highest BCUT2D eigenvalue weighted by Crippen LogP contribution is 2.25. The van der Waals surface area contributed by atoms with Gasteiger partial charge in [-0.15, -0.1) is 0 Å². The molecule has 2 aromatic rings. The lowest BCUT2D eigenvalue weighted by Gasteiger charge is -2.21. The smallest absolute Gasteiger partial charge is 0.121 e. The molecule has 116 valence electrons. The van der Waals surface area contributed by atoms with E-state index in [2.05, 4.69) is 50.6 Å². The lowest BCUT2D eigenvalue weighted by Crippen LogP contribution is -2.37. The lowest BCUT2D eigenvalue weighted by atomic mass is 10.1. The summed E-state index contributed by atoms with van der Waals surface area (Å²) in [6.07, 6.45) is 0.923. The van der Waals surface area contributed by atoms with Crippen LogP contribution in [-0.2, 0) is 6.42 Å². The summed E-state index contributed by atoms with van der Waals surface area (Å²) in [7, 11) is 1.69. The van der Waals surface area contributed by atoms with Gasteiger partial charge >= 0.3 is 0 Å². The summed E-state index contributed by atoms with van der Waals surface area (Å²) in [5.41, 5.74) is 2.32. The molecule has 0 fully saturated rings. The molecule has 0 radical (unpaired) electrons. The Morgan fingerprint density at radius 1 is 1.29 bits per heavy atom. The second kappa shape index (κ2) is 6.06. The number of nitrogens with zero attached hydrogens (tertiary/aromatic N) is 2. The Labute approximate surface area is 127 Å². The highest BCUT2D eigenvalue weighted by molar-refractivity contribution is 5.78. The molecule has 0 bridgehead atoms. The summed E-state index contributed by atoms with van der Waals surface area (Å²) in [6, 6.07) is 6.50. The van der Waals surface area contributed by atoms with E-state index in [1.807, 2.05) is 12.1 Å². The van der Waals surface area contributed by atoms with Crippen LogP contribution in [0, 0.1) is 0 Å². The van der Waals surface area contributed by atoms with E-state index in [0.717, 1.165) is 30.1 Å². The maximum Gasteiger partial charge on any atom is 0.121 e. The van der Waals surface area contributed by atoms with E-state index in [4.69, 9.17) is 9.72 Å². The predicted molar refractivity (Wildman–Crippen MR) is 88.1 cm³/mol. The first-order chi connectivity index (χ1) is 9.81. The van der Waals surface area contributed by atoms with Crippen LogP contribution in [0.4, 0.5) is 0 Å². The standard InChI is InChI=1S/C17H27N3O/c1-12(2)20-15-8-7-13(21-6)11-14(15)19-16(20)9-10-18-17(3,4)5/h7-8,11-12,18H,9-10H2,1-6H3. The van der Waals surface area contributed by atoms with Gasteiger partial charge in [0.25, 0.3) is 0 Å². The average molecular weight is 289 g/mol. The first-order valence-corrected chi connectivity index (χ1v) is 7.61. The van der Waals surface area contributed by atoms with Crippen molar-refractivity contribution in [3.05, 3.63) is 24.0 Å². The Morgan fingerprint density at radius 3 is 2.57 bits per heavy atom. The topological polar surface area (TPSA) is 39.1 Å². The third-order valence-electron chi connectivity index (χ3n) is 3.49. The molecule has 0 aliphatic carbocycles. The molecule has 1 N–H and O–H groups in total. The zero-order valence-electron chi connectivity index (χ0n) is 14.0. The molecule has 1 aromatic carbocycles. The van der Waals surface area contributed by atoms with Crippen molar-refractivity contribution < 1.29 is 4.74 Å². The zero-order valence-corrected chi connectivity index (χ0v) is 14.0. The zero-order chi connectivity index (χ0) is 15.6. The van der Waals surface area contributed by atoms with Gasteiger partial charge in [0.15, 0.2) is 0 Å². The van der Waals surface area contributed by atoms with E-state index in [1.165, 1.54) is 5.52 Å². The van der Waals surface area contributed by atoms with Crippen molar-refractivity contribution >= 4 is 11.0 Å². The first kappa shape index (κ1) is 15.8. The number of hydrogen-bond acceptors (Lipinski definition) is 3. The normalized spacial score (nSPS) is 12.3. The van der Waals surface area contributed by atoms with Gasteiger partial charge in [0.1, 0.15) is 11.6 Å². The molecule has 1 heterocycles. The van der Waals surface area contributed by atoms with Crippen LogP contribution < -0.4 is 10.1 Å². The van der Waals surface area contributed by atoms with Gasteiger partial charge in [0.2, 0.25) is 0 Å². The van der Waals surface area contributed by atoms with Crippen LogP contribution in [0.15, 0.2) is 18.2 Å². The van der Waals surface area contributed by atoms with Gasteiger partial charge in [0, 0.05) is 30.6 Å². The summed E-state index contributed by atoms with van der Waals surface area (Å²) in [5.74, 6) is 1.99. The average Bonchev–Trinajstić information content (AvgIpc) is 2.74. The second-order valence-electron chi connectivity index (χ2n) is 6.77. The quantitative estimate of drug-likeness (QED) is 0.915. The Balaban J connectivity index is 2.31. The third-order valence-corrected chi connectivity index (χ3v) is 3.49. The van der Waals surface area contributed by atoms with Gasteiger partial charge in [-0.1, -0.05) is 0 Å². The van der Waals surface area contributed by atoms with Crippen LogP contribution in [0.2, 0.25) is 0 Å². The molecule has 1 aromatic heterocycles. The molecular formula is C17H27N3O. The summed E-state index contributed by atoms with van der Waals surface area (Å²) in [5, 5.41) is 3.53. The van der Waals surface area contributed by atoms with Crippen LogP contribution in [-0.4, -0.2) is 28.7 Å². The van der Waals surface area contributed by atoms with Crippen LogP contribution >= 0.6 is 0 Å². The summed E-state index contributed by atoms with van der Waals surface area (Å²) >= 11 is 0. The fourth-order valence-corrected chi connectivity index (χ4v) is 2.56. The fraction of sp³-hybridized carbons (Fsp3) is 0.588. The summed E-state index contributed by atoms with van der Waals surface area (Å²) in [4.78, 5) is 4.81. The Kier molecular flexibility index (Phi) is 4.57. The monoisotopic (exact) mass is 289 g/mol. The highest BCUT2D eigenvalue weighted by atomic mass is 16.5. The molecular weight excluding hydrogens is 262 g/mol. The number of imidazole rings is 1. The predicted octanol–water partition coefficient (Wildman–Crippen LogP) is 3.56. The van der Waals surface area contributed by atoms with E-state index < -0.39 is 0 Å². The van der Waals surface area contributed by atoms with Crippen molar-refractivity contribution in [3.8, 4) is 5.75 Å². The van der Waals surface area contributed by atoms with E-state index in [0.29, 0.717) is 6.04 Å². The molecule has 0 atom stereocenters. The second-order valence-corrected chi connectivity index (χ2v) is 6.77. The minimum Gasteiger partial charge on any atom is -0.497 e. The van der Waals surface area contributed by atoms with Gasteiger partial charge < -0.3 is 14.6 Å². The largest absolute Gasteiger partial charge is 0.497 e. The van der Waals surface area contributed by atoms with Crippen molar-refractivity contribution in [2.75, 3.05) is 13.7 Å². The van der Waals surface area contributed by atoms with Crippen molar-refractivity contribution in [1.29, 1.82) is 0 Å². The molecule has 21 heavy (non-hydrogen) atoms. The Bertz CT molecular complexity index is 608. The highest BCUT2D eigenvalue weighted by Gasteiger charge is 2.15. The Hall–Kier alpha value is -1.55. The van der Waals surface area contributed by atoms with Gasteiger partial charge in [-0.25, -0.2) is 4.98 Å². The minimum absolute atomic E-state index is 0.137. The lowest BCUT2D eigenvalue weighted by molar-refractivity contribution is 0.415. The molecule has 0 unspecified atom stereocenters. The maximum atomic E-state index is 5.30. The van der Waals surface area contributed by atoms with Crippen molar-refractivity contribution in [2.45, 2.75) is 52.6 Å². The first-order valence-electron chi connectivity index (χ1n) is 7.61. The molecule has 0 aliphatic rings. The SMILES string of the molecule is COc1ccc2c(c1)nc(CCNC(C)(C)C)n2C(C)C. The summed E-state index contributed by atoms with van der Waals surface area (Å²) < 4.78 is 7.61. The van der Waals surface area contributed by atoms with Crippen molar-refractivity contribution in [3.63, 3.8) is 0 Å². The number of fused-ring (bicyclic) bond motifs is 1. The van der Waals surface area contributed by atoms with E-state index >= 15 is 0 Å². The fourth-order valence-electron chi connectivity index (χ4n) is 2.56. The number of nitrogens with one attached hydrogen (secondary N) is 1. The number of ether oxygens (including phenoxy) is 1. The van der Waals surface area contributed by atoms with E-state index in [-0.39, 0.29) is 5.54 Å². The summed E-state index contributed by atoms with van der Waals surface area (Å²) in [6.45, 7) is 11.9. The molecule has 0 saturated heterocycles. The number of aromatic nitrogens is 2. The van der Waals surface area contributed by atoms with E-state index in [1.54, 1.807) is 7.11 Å².